The number of nitrogens with zero attached hydrogens (tertiary/aromatic N) is 1. The number of rotatable bonds is 9. The van der Waals surface area contributed by atoms with Crippen molar-refractivity contribution >= 4 is 52.2 Å². The number of thioether (sulfide) groups is 1. The second kappa shape index (κ2) is 11.2. The van der Waals surface area contributed by atoms with Crippen LogP contribution in [0.5, 0.6) is 0 Å². The fourth-order valence-corrected chi connectivity index (χ4v) is 4.39. The lowest BCUT2D eigenvalue weighted by molar-refractivity contribution is -0.120. The maximum absolute atomic E-state index is 12.1. The standard InChI is InChI=1S/C22H22ClN3O2S2/c1-15-2-8-18(9-3-15)25-21(28)14-30-22-26-19(13-29-22)12-20(27)24-11-10-16-4-6-17(23)7-5-16/h2-9,13H,10-12,14H2,1H3,(H,24,27)(H,25,28). The van der Waals surface area contributed by atoms with Gasteiger partial charge in [-0.3, -0.25) is 9.59 Å². The van der Waals surface area contributed by atoms with E-state index in [1.54, 1.807) is 0 Å². The molecule has 0 unspecified atom stereocenters. The van der Waals surface area contributed by atoms with E-state index in [0.717, 1.165) is 27.6 Å². The molecule has 2 aromatic carbocycles. The van der Waals surface area contributed by atoms with Crippen molar-refractivity contribution in [1.82, 2.24) is 10.3 Å². The average molecular weight is 460 g/mol. The number of carbonyl (C=O) groups is 2. The van der Waals surface area contributed by atoms with Crippen molar-refractivity contribution < 1.29 is 9.59 Å². The van der Waals surface area contributed by atoms with Crippen LogP contribution in [0.25, 0.3) is 0 Å². The monoisotopic (exact) mass is 459 g/mol. The summed E-state index contributed by atoms with van der Waals surface area (Å²) in [6.45, 7) is 2.56. The van der Waals surface area contributed by atoms with Gasteiger partial charge in [0.2, 0.25) is 11.8 Å². The topological polar surface area (TPSA) is 71.1 Å². The molecule has 0 aliphatic rings. The van der Waals surface area contributed by atoms with Gasteiger partial charge in [0.05, 0.1) is 17.9 Å². The van der Waals surface area contributed by atoms with Crippen molar-refractivity contribution in [3.05, 3.63) is 75.8 Å². The highest BCUT2D eigenvalue weighted by Crippen LogP contribution is 2.23. The van der Waals surface area contributed by atoms with Crippen molar-refractivity contribution in [2.75, 3.05) is 17.6 Å². The minimum absolute atomic E-state index is 0.0667. The van der Waals surface area contributed by atoms with Crippen molar-refractivity contribution in [2.45, 2.75) is 24.1 Å². The van der Waals surface area contributed by atoms with Crippen LogP contribution in [0.4, 0.5) is 5.69 Å². The molecule has 1 heterocycles. The molecule has 0 saturated heterocycles. The second-order valence-corrected chi connectivity index (χ2v) is 9.23. The molecule has 0 aliphatic carbocycles. The predicted octanol–water partition coefficient (Wildman–Crippen LogP) is 4.74. The third-order valence-electron chi connectivity index (χ3n) is 4.18. The van der Waals surface area contributed by atoms with Gasteiger partial charge in [0, 0.05) is 22.6 Å². The van der Waals surface area contributed by atoms with Gasteiger partial charge in [-0.25, -0.2) is 4.98 Å². The Hall–Kier alpha value is -2.35. The predicted molar refractivity (Wildman–Crippen MR) is 125 cm³/mol. The van der Waals surface area contributed by atoms with E-state index in [9.17, 15) is 9.59 Å². The van der Waals surface area contributed by atoms with Crippen molar-refractivity contribution in [3.8, 4) is 0 Å². The highest BCUT2D eigenvalue weighted by Gasteiger charge is 2.10. The van der Waals surface area contributed by atoms with E-state index >= 15 is 0 Å². The maximum atomic E-state index is 12.1. The van der Waals surface area contributed by atoms with Gasteiger partial charge in [0.25, 0.3) is 0 Å². The molecule has 0 aliphatic heterocycles. The Morgan fingerprint density at radius 2 is 1.80 bits per heavy atom. The van der Waals surface area contributed by atoms with Gasteiger partial charge in [-0.15, -0.1) is 11.3 Å². The highest BCUT2D eigenvalue weighted by molar-refractivity contribution is 8.01. The van der Waals surface area contributed by atoms with E-state index < -0.39 is 0 Å². The van der Waals surface area contributed by atoms with Crippen molar-refractivity contribution in [1.29, 1.82) is 0 Å². The van der Waals surface area contributed by atoms with Crippen LogP contribution in [-0.2, 0) is 22.4 Å². The number of halogens is 1. The first kappa shape index (κ1) is 22.3. The fraction of sp³-hybridized carbons (Fsp3) is 0.227. The summed E-state index contributed by atoms with van der Waals surface area (Å²) >= 11 is 8.68. The smallest absolute Gasteiger partial charge is 0.234 e. The first-order valence-electron chi connectivity index (χ1n) is 9.43. The van der Waals surface area contributed by atoms with E-state index in [2.05, 4.69) is 15.6 Å². The minimum atomic E-state index is -0.0828. The van der Waals surface area contributed by atoms with Crippen LogP contribution in [0.3, 0.4) is 0 Å². The summed E-state index contributed by atoms with van der Waals surface area (Å²) in [4.78, 5) is 28.6. The van der Waals surface area contributed by atoms with Gasteiger partial charge in [0.1, 0.15) is 0 Å². The molecule has 1 aromatic heterocycles. The lowest BCUT2D eigenvalue weighted by Gasteiger charge is -2.05. The third kappa shape index (κ3) is 7.48. The molecule has 3 rings (SSSR count). The Morgan fingerprint density at radius 3 is 2.53 bits per heavy atom. The lowest BCUT2D eigenvalue weighted by Crippen LogP contribution is -2.27. The molecule has 0 radical (unpaired) electrons. The molecule has 2 amide bonds. The van der Waals surface area contributed by atoms with Crippen LogP contribution < -0.4 is 10.6 Å². The second-order valence-electron chi connectivity index (χ2n) is 6.71. The molecule has 8 heteroatoms. The summed E-state index contributed by atoms with van der Waals surface area (Å²) in [5, 5.41) is 8.33. The van der Waals surface area contributed by atoms with Gasteiger partial charge in [-0.1, -0.05) is 53.2 Å². The van der Waals surface area contributed by atoms with E-state index in [1.807, 2.05) is 60.8 Å². The Morgan fingerprint density at radius 1 is 1.07 bits per heavy atom. The molecule has 0 atom stereocenters. The SMILES string of the molecule is Cc1ccc(NC(=O)CSc2nc(CC(=O)NCCc3ccc(Cl)cc3)cs2)cc1. The number of hydrogen-bond acceptors (Lipinski definition) is 5. The minimum Gasteiger partial charge on any atom is -0.355 e. The number of nitrogens with one attached hydrogen (secondary N) is 2. The first-order valence-corrected chi connectivity index (χ1v) is 11.7. The first-order chi connectivity index (χ1) is 14.5. The highest BCUT2D eigenvalue weighted by atomic mass is 35.5. The molecule has 0 spiro atoms. The van der Waals surface area contributed by atoms with Crippen LogP contribution >= 0.6 is 34.7 Å². The zero-order valence-corrected chi connectivity index (χ0v) is 18.9. The Kier molecular flexibility index (Phi) is 8.30. The van der Waals surface area contributed by atoms with Crippen LogP contribution in [0, 0.1) is 6.92 Å². The van der Waals surface area contributed by atoms with Crippen LogP contribution in [-0.4, -0.2) is 29.1 Å². The molecule has 30 heavy (non-hydrogen) atoms. The number of amides is 2. The van der Waals surface area contributed by atoms with E-state index in [1.165, 1.54) is 23.1 Å². The summed E-state index contributed by atoms with van der Waals surface area (Å²) in [6, 6.07) is 15.3. The van der Waals surface area contributed by atoms with Gasteiger partial charge < -0.3 is 10.6 Å². The molecule has 3 aromatic rings. The number of aryl methyl sites for hydroxylation is 1. The fourth-order valence-electron chi connectivity index (χ4n) is 2.62. The Bertz CT molecular complexity index is 988. The summed E-state index contributed by atoms with van der Waals surface area (Å²) in [6.07, 6.45) is 0.977. The van der Waals surface area contributed by atoms with Gasteiger partial charge in [-0.2, -0.15) is 0 Å². The maximum Gasteiger partial charge on any atom is 0.234 e. The molecule has 156 valence electrons. The Labute approximate surface area is 189 Å². The average Bonchev–Trinajstić information content (AvgIpc) is 3.17. The molecule has 0 bridgehead atoms. The molecule has 0 fully saturated rings. The number of anilines is 1. The molecule has 5 nitrogen and oxygen atoms in total. The number of aromatic nitrogens is 1. The van der Waals surface area contributed by atoms with Crippen LogP contribution in [0.2, 0.25) is 5.02 Å². The van der Waals surface area contributed by atoms with Crippen LogP contribution in [0.15, 0.2) is 58.3 Å². The number of hydrogen-bond donors (Lipinski definition) is 2. The summed E-state index contributed by atoms with van der Waals surface area (Å²) < 4.78 is 0.776. The van der Waals surface area contributed by atoms with E-state index in [4.69, 9.17) is 11.6 Å². The quantitative estimate of drug-likeness (QED) is 0.453. The largest absolute Gasteiger partial charge is 0.355 e. The van der Waals surface area contributed by atoms with Gasteiger partial charge in [-0.05, 0) is 43.2 Å². The number of benzene rings is 2. The molecular formula is C22H22ClN3O2S2. The number of thiazole rings is 1. The zero-order chi connectivity index (χ0) is 21.3. The molecular weight excluding hydrogens is 438 g/mol. The summed E-state index contributed by atoms with van der Waals surface area (Å²) in [5.74, 6) is 0.122. The van der Waals surface area contributed by atoms with Crippen LogP contribution in [0.1, 0.15) is 16.8 Å². The Balaban J connectivity index is 1.37. The molecule has 2 N–H and O–H groups in total. The lowest BCUT2D eigenvalue weighted by atomic mass is 10.1. The third-order valence-corrected chi connectivity index (χ3v) is 6.51. The van der Waals surface area contributed by atoms with E-state index in [0.29, 0.717) is 17.3 Å². The summed E-state index contributed by atoms with van der Waals surface area (Å²) in [7, 11) is 0. The van der Waals surface area contributed by atoms with Gasteiger partial charge in [0.15, 0.2) is 4.34 Å². The zero-order valence-electron chi connectivity index (χ0n) is 16.5. The van der Waals surface area contributed by atoms with Gasteiger partial charge >= 0.3 is 0 Å². The number of carbonyl (C=O) groups excluding carboxylic acids is 2. The molecule has 0 saturated carbocycles. The van der Waals surface area contributed by atoms with E-state index in [-0.39, 0.29) is 24.0 Å². The van der Waals surface area contributed by atoms with Crippen molar-refractivity contribution in [2.24, 2.45) is 0 Å². The summed E-state index contributed by atoms with van der Waals surface area (Å²) in [5.41, 5.74) is 3.76. The normalized spacial score (nSPS) is 10.6. The van der Waals surface area contributed by atoms with Crippen molar-refractivity contribution in [3.63, 3.8) is 0 Å².